The van der Waals surface area contributed by atoms with Gasteiger partial charge in [-0.1, -0.05) is 55.2 Å². The molecule has 216 valence electrons. The zero-order valence-corrected chi connectivity index (χ0v) is 25.1. The predicted molar refractivity (Wildman–Crippen MR) is 168 cm³/mol. The van der Waals surface area contributed by atoms with Gasteiger partial charge in [0.05, 0.1) is 31.4 Å². The summed E-state index contributed by atoms with van der Waals surface area (Å²) < 4.78 is 33.4. The Hall–Kier alpha value is -4.15. The first-order valence-corrected chi connectivity index (χ1v) is 14.7. The van der Waals surface area contributed by atoms with Crippen molar-refractivity contribution in [3.05, 3.63) is 94.8 Å². The summed E-state index contributed by atoms with van der Waals surface area (Å²) in [4.78, 5) is 15.6. The number of rotatable bonds is 11. The number of thioether (sulfide) groups is 1. The van der Waals surface area contributed by atoms with Crippen LogP contribution in [0.4, 0.5) is 4.39 Å². The van der Waals surface area contributed by atoms with Crippen LogP contribution in [0.5, 0.6) is 17.2 Å². The van der Waals surface area contributed by atoms with E-state index in [9.17, 15) is 9.18 Å². The van der Waals surface area contributed by atoms with Crippen molar-refractivity contribution in [1.29, 1.82) is 0 Å². The van der Waals surface area contributed by atoms with Gasteiger partial charge >= 0.3 is 0 Å². The van der Waals surface area contributed by atoms with Crippen molar-refractivity contribution in [3.8, 4) is 34.2 Å². The first-order valence-electron chi connectivity index (χ1n) is 13.5. The van der Waals surface area contributed by atoms with E-state index in [1.54, 1.807) is 42.0 Å². The molecule has 1 aliphatic rings. The maximum absolute atomic E-state index is 14.9. The van der Waals surface area contributed by atoms with Crippen LogP contribution in [-0.4, -0.2) is 52.3 Å². The maximum atomic E-state index is 14.9. The van der Waals surface area contributed by atoms with Crippen molar-refractivity contribution in [1.82, 2.24) is 14.7 Å². The molecule has 0 atom stereocenters. The molecule has 7 nitrogen and oxygen atoms in total. The van der Waals surface area contributed by atoms with Crippen molar-refractivity contribution in [2.45, 2.75) is 19.8 Å². The molecule has 0 spiro atoms. The third-order valence-corrected chi connectivity index (χ3v) is 8.04. The summed E-state index contributed by atoms with van der Waals surface area (Å²) in [7, 11) is 3.18. The van der Waals surface area contributed by atoms with Crippen LogP contribution in [0.15, 0.2) is 77.8 Å². The fourth-order valence-electron chi connectivity index (χ4n) is 4.52. The summed E-state index contributed by atoms with van der Waals surface area (Å²) in [6.07, 6.45) is 4.97. The highest BCUT2D eigenvalue weighted by Gasteiger charge is 2.32. The van der Waals surface area contributed by atoms with Crippen molar-refractivity contribution < 1.29 is 23.4 Å². The molecule has 1 aromatic heterocycles. The van der Waals surface area contributed by atoms with Gasteiger partial charge in [0.2, 0.25) is 0 Å². The molecule has 10 heteroatoms. The Labute approximate surface area is 253 Å². The van der Waals surface area contributed by atoms with Crippen LogP contribution in [0.2, 0.25) is 0 Å². The van der Waals surface area contributed by atoms with Crippen LogP contribution in [-0.2, 0) is 11.2 Å². The molecule has 42 heavy (non-hydrogen) atoms. The van der Waals surface area contributed by atoms with Gasteiger partial charge in [0.15, 0.2) is 23.1 Å². The molecule has 0 radical (unpaired) electrons. The minimum absolute atomic E-state index is 0.182. The van der Waals surface area contributed by atoms with Crippen LogP contribution in [0.25, 0.3) is 23.0 Å². The van der Waals surface area contributed by atoms with Crippen molar-refractivity contribution in [3.63, 3.8) is 0 Å². The van der Waals surface area contributed by atoms with Crippen LogP contribution < -0.4 is 14.2 Å². The quantitative estimate of drug-likeness (QED) is 0.136. The molecule has 0 bridgehead atoms. The number of aromatic nitrogens is 2. The molecular weight excluding hydrogens is 574 g/mol. The Morgan fingerprint density at radius 1 is 1.00 bits per heavy atom. The van der Waals surface area contributed by atoms with Crippen molar-refractivity contribution in [2.75, 3.05) is 27.4 Å². The van der Waals surface area contributed by atoms with Gasteiger partial charge in [-0.25, -0.2) is 9.07 Å². The second kappa shape index (κ2) is 13.2. The van der Waals surface area contributed by atoms with Gasteiger partial charge in [-0.2, -0.15) is 5.10 Å². The van der Waals surface area contributed by atoms with E-state index in [0.29, 0.717) is 57.1 Å². The van der Waals surface area contributed by atoms with E-state index >= 15 is 0 Å². The first kappa shape index (κ1) is 29.3. The number of nitrogens with zero attached hydrogens (tertiary/aromatic N) is 3. The second-order valence-electron chi connectivity index (χ2n) is 9.48. The van der Waals surface area contributed by atoms with E-state index in [0.717, 1.165) is 17.7 Å². The molecule has 4 aromatic rings. The molecule has 0 unspecified atom stereocenters. The number of hydrogen-bond donors (Lipinski definition) is 0. The number of para-hydroxylation sites is 1. The van der Waals surface area contributed by atoms with Gasteiger partial charge in [-0.05, 0) is 66.9 Å². The lowest BCUT2D eigenvalue weighted by atomic mass is 10.1. The highest BCUT2D eigenvalue weighted by Crippen LogP contribution is 2.36. The zero-order chi connectivity index (χ0) is 29.6. The maximum Gasteiger partial charge on any atom is 0.266 e. The summed E-state index contributed by atoms with van der Waals surface area (Å²) in [6, 6.07) is 20.1. The van der Waals surface area contributed by atoms with E-state index in [1.807, 2.05) is 61.7 Å². The lowest BCUT2D eigenvalue weighted by molar-refractivity contribution is -0.122. The Morgan fingerprint density at radius 2 is 1.76 bits per heavy atom. The number of carbonyl (C=O) groups excluding carboxylic acids is 1. The molecule has 1 saturated heterocycles. The summed E-state index contributed by atoms with van der Waals surface area (Å²) >= 11 is 6.83. The smallest absolute Gasteiger partial charge is 0.266 e. The van der Waals surface area contributed by atoms with Gasteiger partial charge in [0.25, 0.3) is 5.91 Å². The van der Waals surface area contributed by atoms with E-state index in [-0.39, 0.29) is 11.7 Å². The summed E-state index contributed by atoms with van der Waals surface area (Å²) in [5, 5.41) is 4.77. The molecule has 3 aromatic carbocycles. The molecule has 1 aliphatic heterocycles. The van der Waals surface area contributed by atoms with Crippen molar-refractivity contribution in [2.24, 2.45) is 0 Å². The van der Waals surface area contributed by atoms with Gasteiger partial charge in [-0.15, -0.1) is 0 Å². The molecule has 5 rings (SSSR count). The van der Waals surface area contributed by atoms with E-state index in [1.165, 1.54) is 17.8 Å². The molecule has 2 heterocycles. The lowest BCUT2D eigenvalue weighted by Gasteiger charge is -2.15. The number of amides is 1. The topological polar surface area (TPSA) is 65.8 Å². The summed E-state index contributed by atoms with van der Waals surface area (Å²) in [5.41, 5.74) is 3.60. The van der Waals surface area contributed by atoms with Crippen molar-refractivity contribution >= 4 is 40.3 Å². The molecule has 1 fully saturated rings. The van der Waals surface area contributed by atoms with Gasteiger partial charge in [0.1, 0.15) is 10.0 Å². The van der Waals surface area contributed by atoms with Crippen LogP contribution in [0.1, 0.15) is 24.5 Å². The highest BCUT2D eigenvalue weighted by molar-refractivity contribution is 8.26. The Bertz CT molecular complexity index is 1640. The Balaban J connectivity index is 1.43. The predicted octanol–water partition coefficient (Wildman–Crippen LogP) is 6.93. The fraction of sp³-hybridized carbons (Fsp3) is 0.219. The average Bonchev–Trinajstić information content (AvgIpc) is 3.55. The second-order valence-corrected chi connectivity index (χ2v) is 11.2. The molecular formula is C32H30FN3O4S2. The zero-order valence-electron chi connectivity index (χ0n) is 23.5. The molecule has 0 saturated carbocycles. The largest absolute Gasteiger partial charge is 0.493 e. The van der Waals surface area contributed by atoms with Gasteiger partial charge in [0, 0.05) is 23.9 Å². The average molecular weight is 604 g/mol. The summed E-state index contributed by atoms with van der Waals surface area (Å²) in [5.74, 6) is 0.815. The third kappa shape index (κ3) is 6.34. The van der Waals surface area contributed by atoms with E-state index < -0.39 is 5.82 Å². The van der Waals surface area contributed by atoms with Gasteiger partial charge in [-0.3, -0.25) is 9.69 Å². The Morgan fingerprint density at radius 3 is 2.48 bits per heavy atom. The molecule has 0 aliphatic carbocycles. The minimum Gasteiger partial charge on any atom is -0.493 e. The fourth-order valence-corrected chi connectivity index (χ4v) is 5.82. The third-order valence-electron chi connectivity index (χ3n) is 6.66. The van der Waals surface area contributed by atoms with E-state index in [4.69, 9.17) is 31.5 Å². The van der Waals surface area contributed by atoms with Crippen LogP contribution in [0.3, 0.4) is 0 Å². The standard InChI is InChI=1S/C32H30FN3O4S2/c1-4-16-40-26-13-11-22(18-25(26)33)30-23(20-36(34-30)24-8-6-5-7-9-24)19-29-31(37)35(32(41)42-29)15-14-21-10-12-27(38-2)28(17-21)39-3/h5-13,17-20H,4,14-16H2,1-3H3. The SMILES string of the molecule is CCCOc1ccc(-c2nn(-c3ccccc3)cc2C=C2SC(=S)N(CCc3ccc(OC)c(OC)c3)C2=O)cc1F. The highest BCUT2D eigenvalue weighted by atomic mass is 32.2. The number of ether oxygens (including phenoxy) is 3. The minimum atomic E-state index is -0.470. The monoisotopic (exact) mass is 603 g/mol. The summed E-state index contributed by atoms with van der Waals surface area (Å²) in [6.45, 7) is 2.81. The molecule has 0 N–H and O–H groups in total. The lowest BCUT2D eigenvalue weighted by Crippen LogP contribution is -2.30. The first-order chi connectivity index (χ1) is 20.4. The normalized spacial score (nSPS) is 14.1. The van der Waals surface area contributed by atoms with Crippen LogP contribution >= 0.6 is 24.0 Å². The van der Waals surface area contributed by atoms with E-state index in [2.05, 4.69) is 0 Å². The molecule has 1 amide bonds. The number of halogens is 1. The number of hydrogen-bond acceptors (Lipinski definition) is 7. The van der Waals surface area contributed by atoms with Crippen LogP contribution in [0, 0.1) is 5.82 Å². The number of carbonyl (C=O) groups is 1. The number of methoxy groups -OCH3 is 2. The number of benzene rings is 3. The van der Waals surface area contributed by atoms with Gasteiger partial charge < -0.3 is 14.2 Å². The Kier molecular flexibility index (Phi) is 9.24. The number of thiocarbonyl (C=S) groups is 1.